The standard InChI is InChI=1S/C20H27N3O4/c1-19(2)14-20(9-11-27-19,15-6-4-3-5-7-15)8-10-21-16(24)13-23-17(25)12-22-18(23)26/h3-7H,8-14H2,1-2H3,(H,21,24)(H,22,26). The van der Waals surface area contributed by atoms with Gasteiger partial charge in [-0.05, 0) is 38.7 Å². The highest BCUT2D eigenvalue weighted by Crippen LogP contribution is 2.43. The Morgan fingerprint density at radius 1 is 1.26 bits per heavy atom. The van der Waals surface area contributed by atoms with Crippen LogP contribution in [0.2, 0.25) is 0 Å². The Bertz CT molecular complexity index is 703. The summed E-state index contributed by atoms with van der Waals surface area (Å²) >= 11 is 0. The van der Waals surface area contributed by atoms with Gasteiger partial charge in [-0.1, -0.05) is 30.3 Å². The average molecular weight is 373 g/mol. The molecule has 146 valence electrons. The van der Waals surface area contributed by atoms with Crippen LogP contribution in [0.1, 0.15) is 38.7 Å². The van der Waals surface area contributed by atoms with E-state index in [2.05, 4.69) is 36.6 Å². The molecule has 0 aliphatic carbocycles. The van der Waals surface area contributed by atoms with Crippen molar-refractivity contribution < 1.29 is 19.1 Å². The van der Waals surface area contributed by atoms with Gasteiger partial charge < -0.3 is 15.4 Å². The smallest absolute Gasteiger partial charge is 0.325 e. The van der Waals surface area contributed by atoms with Gasteiger partial charge in [0, 0.05) is 18.6 Å². The first kappa shape index (κ1) is 19.4. The molecular weight excluding hydrogens is 346 g/mol. The highest BCUT2D eigenvalue weighted by molar-refractivity contribution is 6.04. The fourth-order valence-corrected chi connectivity index (χ4v) is 4.13. The number of ether oxygens (including phenoxy) is 1. The summed E-state index contributed by atoms with van der Waals surface area (Å²) in [5.74, 6) is -0.697. The van der Waals surface area contributed by atoms with E-state index in [9.17, 15) is 14.4 Å². The molecule has 0 bridgehead atoms. The predicted octanol–water partition coefficient (Wildman–Crippen LogP) is 1.57. The summed E-state index contributed by atoms with van der Waals surface area (Å²) in [6.45, 7) is 5.07. The molecule has 2 aliphatic rings. The number of benzene rings is 1. The van der Waals surface area contributed by atoms with E-state index in [1.807, 2.05) is 18.2 Å². The van der Waals surface area contributed by atoms with Crippen molar-refractivity contribution in [1.82, 2.24) is 15.5 Å². The Morgan fingerprint density at radius 3 is 2.63 bits per heavy atom. The lowest BCUT2D eigenvalue weighted by Gasteiger charge is -2.45. The van der Waals surface area contributed by atoms with Gasteiger partial charge in [-0.2, -0.15) is 0 Å². The predicted molar refractivity (Wildman–Crippen MR) is 100 cm³/mol. The van der Waals surface area contributed by atoms with Gasteiger partial charge in [-0.3, -0.25) is 14.5 Å². The molecular formula is C20H27N3O4. The van der Waals surface area contributed by atoms with Crippen molar-refractivity contribution in [3.63, 3.8) is 0 Å². The van der Waals surface area contributed by atoms with Gasteiger partial charge in [0.2, 0.25) is 5.91 Å². The monoisotopic (exact) mass is 373 g/mol. The van der Waals surface area contributed by atoms with Crippen LogP contribution < -0.4 is 10.6 Å². The normalized spacial score (nSPS) is 24.6. The van der Waals surface area contributed by atoms with Crippen LogP contribution in [0.3, 0.4) is 0 Å². The molecule has 7 heteroatoms. The highest BCUT2D eigenvalue weighted by Gasteiger charge is 2.41. The molecule has 27 heavy (non-hydrogen) atoms. The van der Waals surface area contributed by atoms with Gasteiger partial charge in [0.05, 0.1) is 12.1 Å². The molecule has 0 aromatic heterocycles. The Kier molecular flexibility index (Phi) is 5.51. The fourth-order valence-electron chi connectivity index (χ4n) is 4.13. The summed E-state index contributed by atoms with van der Waals surface area (Å²) < 4.78 is 5.91. The minimum atomic E-state index is -0.512. The van der Waals surface area contributed by atoms with Gasteiger partial charge in [-0.25, -0.2) is 4.79 Å². The number of rotatable bonds is 6. The molecule has 0 spiro atoms. The lowest BCUT2D eigenvalue weighted by molar-refractivity contribution is -0.130. The number of hydrogen-bond acceptors (Lipinski definition) is 4. The summed E-state index contributed by atoms with van der Waals surface area (Å²) in [7, 11) is 0. The number of hydrogen-bond donors (Lipinski definition) is 2. The van der Waals surface area contributed by atoms with Crippen molar-refractivity contribution in [3.05, 3.63) is 35.9 Å². The molecule has 1 aromatic rings. The maximum Gasteiger partial charge on any atom is 0.325 e. The number of carbonyl (C=O) groups is 3. The van der Waals surface area contributed by atoms with Crippen molar-refractivity contribution in [1.29, 1.82) is 0 Å². The first-order valence-electron chi connectivity index (χ1n) is 9.36. The van der Waals surface area contributed by atoms with Crippen LogP contribution in [0.5, 0.6) is 0 Å². The maximum absolute atomic E-state index is 12.2. The minimum absolute atomic E-state index is 0.0433. The summed E-state index contributed by atoms with van der Waals surface area (Å²) in [6, 6.07) is 9.84. The van der Waals surface area contributed by atoms with Crippen molar-refractivity contribution in [2.24, 2.45) is 0 Å². The number of imide groups is 1. The molecule has 3 rings (SSSR count). The number of nitrogens with one attached hydrogen (secondary N) is 2. The van der Waals surface area contributed by atoms with Crippen LogP contribution in [0.4, 0.5) is 4.79 Å². The van der Waals surface area contributed by atoms with Crippen LogP contribution in [0.25, 0.3) is 0 Å². The Hall–Kier alpha value is -2.41. The molecule has 2 fully saturated rings. The molecule has 1 unspecified atom stereocenters. The van der Waals surface area contributed by atoms with Gasteiger partial charge in [0.15, 0.2) is 0 Å². The summed E-state index contributed by atoms with van der Waals surface area (Å²) in [6.07, 6.45) is 2.53. The van der Waals surface area contributed by atoms with Gasteiger partial charge in [0.1, 0.15) is 6.54 Å². The number of carbonyl (C=O) groups excluding carboxylic acids is 3. The minimum Gasteiger partial charge on any atom is -0.376 e. The average Bonchev–Trinajstić information content (AvgIpc) is 2.93. The van der Waals surface area contributed by atoms with E-state index in [-0.39, 0.29) is 35.9 Å². The number of nitrogens with zero attached hydrogens (tertiary/aromatic N) is 1. The second-order valence-electron chi connectivity index (χ2n) is 7.92. The van der Waals surface area contributed by atoms with E-state index in [1.165, 1.54) is 5.56 Å². The van der Waals surface area contributed by atoms with Crippen LogP contribution in [-0.2, 0) is 19.7 Å². The number of amides is 4. The third-order valence-corrected chi connectivity index (χ3v) is 5.39. The molecule has 2 saturated heterocycles. The molecule has 2 heterocycles. The molecule has 2 N–H and O–H groups in total. The molecule has 1 atom stereocenters. The zero-order valence-electron chi connectivity index (χ0n) is 15.9. The molecule has 1 aromatic carbocycles. The van der Waals surface area contributed by atoms with Gasteiger partial charge >= 0.3 is 6.03 Å². The fraction of sp³-hybridized carbons (Fsp3) is 0.550. The van der Waals surface area contributed by atoms with E-state index in [0.717, 1.165) is 24.2 Å². The summed E-state index contributed by atoms with van der Waals surface area (Å²) in [5, 5.41) is 5.28. The van der Waals surface area contributed by atoms with Crippen LogP contribution in [-0.4, -0.2) is 54.6 Å². The first-order valence-corrected chi connectivity index (χ1v) is 9.36. The maximum atomic E-state index is 12.2. The van der Waals surface area contributed by atoms with Crippen LogP contribution in [0, 0.1) is 0 Å². The van der Waals surface area contributed by atoms with Crippen molar-refractivity contribution in [3.8, 4) is 0 Å². The van der Waals surface area contributed by atoms with E-state index < -0.39 is 6.03 Å². The molecule has 2 aliphatic heterocycles. The van der Waals surface area contributed by atoms with E-state index in [0.29, 0.717) is 13.2 Å². The van der Waals surface area contributed by atoms with Gasteiger partial charge in [-0.15, -0.1) is 0 Å². The lowest BCUT2D eigenvalue weighted by Crippen LogP contribution is -2.46. The molecule has 7 nitrogen and oxygen atoms in total. The van der Waals surface area contributed by atoms with Crippen molar-refractivity contribution in [2.75, 3.05) is 26.2 Å². The topological polar surface area (TPSA) is 87.7 Å². The van der Waals surface area contributed by atoms with E-state index in [1.54, 1.807) is 0 Å². The SMILES string of the molecule is CC1(C)CC(CCNC(=O)CN2C(=O)CNC2=O)(c2ccccc2)CCO1. The Labute approximate surface area is 159 Å². The lowest BCUT2D eigenvalue weighted by atomic mass is 9.67. The van der Waals surface area contributed by atoms with Crippen molar-refractivity contribution >= 4 is 17.8 Å². The third-order valence-electron chi connectivity index (χ3n) is 5.39. The zero-order chi connectivity index (χ0) is 19.5. The Balaban J connectivity index is 1.63. The Morgan fingerprint density at radius 2 is 2.00 bits per heavy atom. The first-order chi connectivity index (χ1) is 12.8. The van der Waals surface area contributed by atoms with Gasteiger partial charge in [0.25, 0.3) is 5.91 Å². The second kappa shape index (κ2) is 7.68. The number of urea groups is 1. The quantitative estimate of drug-likeness (QED) is 0.741. The zero-order valence-corrected chi connectivity index (χ0v) is 15.9. The van der Waals surface area contributed by atoms with Crippen LogP contribution in [0.15, 0.2) is 30.3 Å². The highest BCUT2D eigenvalue weighted by atomic mass is 16.5. The third kappa shape index (κ3) is 4.47. The molecule has 0 saturated carbocycles. The summed E-state index contributed by atoms with van der Waals surface area (Å²) in [5.41, 5.74) is 0.958. The summed E-state index contributed by atoms with van der Waals surface area (Å²) in [4.78, 5) is 36.3. The van der Waals surface area contributed by atoms with Crippen molar-refractivity contribution in [2.45, 2.75) is 44.1 Å². The largest absolute Gasteiger partial charge is 0.376 e. The van der Waals surface area contributed by atoms with E-state index >= 15 is 0 Å². The van der Waals surface area contributed by atoms with E-state index in [4.69, 9.17) is 4.74 Å². The molecule has 0 radical (unpaired) electrons. The second-order valence-corrected chi connectivity index (χ2v) is 7.92. The molecule has 4 amide bonds. The van der Waals surface area contributed by atoms with Crippen LogP contribution >= 0.6 is 0 Å².